The van der Waals surface area contributed by atoms with Gasteiger partial charge in [0.15, 0.2) is 0 Å². The Bertz CT molecular complexity index is 530. The first-order chi connectivity index (χ1) is 8.83. The molecule has 2 aromatic rings. The second-order valence-corrected chi connectivity index (χ2v) is 7.16. The highest BCUT2D eigenvalue weighted by molar-refractivity contribution is 9.10. The van der Waals surface area contributed by atoms with Gasteiger partial charge in [0.1, 0.15) is 5.01 Å². The molecular weight excluding hydrogens is 328 g/mol. The van der Waals surface area contributed by atoms with E-state index >= 15 is 0 Å². The van der Waals surface area contributed by atoms with Crippen LogP contribution in [-0.2, 0) is 18.7 Å². The van der Waals surface area contributed by atoms with Gasteiger partial charge in [0.05, 0.1) is 11.4 Å². The molecule has 0 fully saturated rings. The average molecular weight is 341 g/mol. The van der Waals surface area contributed by atoms with Gasteiger partial charge in [0.2, 0.25) is 0 Å². The van der Waals surface area contributed by atoms with Crippen molar-refractivity contribution >= 4 is 39.0 Å². The van der Waals surface area contributed by atoms with E-state index in [1.165, 1.54) is 20.5 Å². The van der Waals surface area contributed by atoms with Crippen LogP contribution in [0.15, 0.2) is 33.6 Å². The van der Waals surface area contributed by atoms with E-state index in [-0.39, 0.29) is 0 Å². The molecule has 2 heterocycles. The first kappa shape index (κ1) is 12.7. The van der Waals surface area contributed by atoms with E-state index in [0.717, 1.165) is 29.7 Å². The molecule has 0 radical (unpaired) electrons. The smallest absolute Gasteiger partial charge is 0.103 e. The minimum atomic E-state index is 0.959. The summed E-state index contributed by atoms with van der Waals surface area (Å²) >= 11 is 7.27. The highest BCUT2D eigenvalue weighted by Crippen LogP contribution is 2.32. The lowest BCUT2D eigenvalue weighted by Crippen LogP contribution is -2.22. The molecule has 0 saturated carbocycles. The quantitative estimate of drug-likeness (QED) is 0.859. The predicted octanol–water partition coefficient (Wildman–Crippen LogP) is 3.84. The molecule has 1 aliphatic heterocycles. The summed E-state index contributed by atoms with van der Waals surface area (Å²) in [4.78, 5) is 7.44. The van der Waals surface area contributed by atoms with Crippen LogP contribution in [0.25, 0.3) is 0 Å². The molecular formula is C13H13BrN2S2. The van der Waals surface area contributed by atoms with Crippen molar-refractivity contribution in [2.75, 3.05) is 6.54 Å². The van der Waals surface area contributed by atoms with Gasteiger partial charge in [-0.05, 0) is 28.1 Å². The molecule has 94 valence electrons. The fourth-order valence-corrected chi connectivity index (χ4v) is 4.59. The molecule has 1 aromatic carbocycles. The number of rotatable bonds is 3. The number of nitrogens with zero attached hydrogens (tertiary/aromatic N) is 1. The minimum absolute atomic E-state index is 0.959. The number of halogens is 1. The minimum Gasteiger partial charge on any atom is -0.311 e. The second kappa shape index (κ2) is 5.74. The van der Waals surface area contributed by atoms with Crippen molar-refractivity contribution in [3.63, 3.8) is 0 Å². The van der Waals surface area contributed by atoms with E-state index in [4.69, 9.17) is 4.98 Å². The van der Waals surface area contributed by atoms with Crippen molar-refractivity contribution < 1.29 is 0 Å². The number of fused-ring (bicyclic) bond motifs is 1. The average Bonchev–Trinajstić information content (AvgIpc) is 2.80. The third-order valence-corrected chi connectivity index (χ3v) is 6.15. The van der Waals surface area contributed by atoms with E-state index in [1.807, 2.05) is 29.2 Å². The van der Waals surface area contributed by atoms with Crippen LogP contribution in [0.5, 0.6) is 0 Å². The van der Waals surface area contributed by atoms with Crippen LogP contribution in [0.2, 0.25) is 0 Å². The predicted molar refractivity (Wildman–Crippen MR) is 81.2 cm³/mol. The summed E-state index contributed by atoms with van der Waals surface area (Å²) in [6, 6.07) is 8.34. The standard InChI is InChI=1S/C13H13BrN2S2/c14-9-3-1-2-4-11(9)17-8-13-16-10-5-6-15-7-12(10)18-13/h1-4,15H,5-8H2. The number of thiazole rings is 1. The molecule has 0 bridgehead atoms. The Morgan fingerprint density at radius 1 is 1.39 bits per heavy atom. The number of benzene rings is 1. The van der Waals surface area contributed by atoms with Crippen LogP contribution in [0.4, 0.5) is 0 Å². The maximum Gasteiger partial charge on any atom is 0.103 e. The third-order valence-electron chi connectivity index (χ3n) is 2.83. The van der Waals surface area contributed by atoms with Gasteiger partial charge in [-0.25, -0.2) is 4.98 Å². The number of thioether (sulfide) groups is 1. The maximum atomic E-state index is 4.74. The molecule has 1 N–H and O–H groups in total. The number of hydrogen-bond acceptors (Lipinski definition) is 4. The zero-order valence-electron chi connectivity index (χ0n) is 9.78. The van der Waals surface area contributed by atoms with Crippen molar-refractivity contribution in [2.24, 2.45) is 0 Å². The Hall–Kier alpha value is -0.360. The lowest BCUT2D eigenvalue weighted by atomic mass is 10.2. The summed E-state index contributed by atoms with van der Waals surface area (Å²) in [5.41, 5.74) is 1.31. The number of hydrogen-bond donors (Lipinski definition) is 1. The largest absolute Gasteiger partial charge is 0.311 e. The van der Waals surface area contributed by atoms with Crippen LogP contribution in [-0.4, -0.2) is 11.5 Å². The van der Waals surface area contributed by atoms with Gasteiger partial charge in [-0.15, -0.1) is 23.1 Å². The van der Waals surface area contributed by atoms with E-state index in [2.05, 4.69) is 39.4 Å². The monoisotopic (exact) mass is 340 g/mol. The van der Waals surface area contributed by atoms with E-state index in [9.17, 15) is 0 Å². The zero-order valence-corrected chi connectivity index (χ0v) is 13.0. The molecule has 0 spiro atoms. The molecule has 0 saturated heterocycles. The molecule has 3 rings (SSSR count). The van der Waals surface area contributed by atoms with Crippen LogP contribution in [0.3, 0.4) is 0 Å². The number of aromatic nitrogens is 1. The van der Waals surface area contributed by atoms with Crippen molar-refractivity contribution in [3.05, 3.63) is 44.3 Å². The Morgan fingerprint density at radius 2 is 2.28 bits per heavy atom. The molecule has 2 nitrogen and oxygen atoms in total. The summed E-state index contributed by atoms with van der Waals surface area (Å²) < 4.78 is 1.16. The van der Waals surface area contributed by atoms with Crippen LogP contribution >= 0.6 is 39.0 Å². The third kappa shape index (κ3) is 2.79. The topological polar surface area (TPSA) is 24.9 Å². The highest BCUT2D eigenvalue weighted by atomic mass is 79.9. The van der Waals surface area contributed by atoms with Crippen molar-refractivity contribution in [3.8, 4) is 0 Å². The normalized spacial score (nSPS) is 14.5. The van der Waals surface area contributed by atoms with Gasteiger partial charge < -0.3 is 5.32 Å². The number of nitrogens with one attached hydrogen (secondary N) is 1. The lowest BCUT2D eigenvalue weighted by molar-refractivity contribution is 0.643. The molecule has 0 aliphatic carbocycles. The van der Waals surface area contributed by atoms with Crippen molar-refractivity contribution in [2.45, 2.75) is 23.6 Å². The molecule has 0 amide bonds. The van der Waals surface area contributed by atoms with Crippen molar-refractivity contribution in [1.29, 1.82) is 0 Å². The van der Waals surface area contributed by atoms with Gasteiger partial charge in [-0.1, -0.05) is 12.1 Å². The van der Waals surface area contributed by atoms with E-state index in [0.29, 0.717) is 0 Å². The molecule has 0 unspecified atom stereocenters. The highest BCUT2D eigenvalue weighted by Gasteiger charge is 2.14. The first-order valence-corrected chi connectivity index (χ1v) is 8.48. The molecule has 18 heavy (non-hydrogen) atoms. The Morgan fingerprint density at radius 3 is 3.11 bits per heavy atom. The maximum absolute atomic E-state index is 4.74. The van der Waals surface area contributed by atoms with Gasteiger partial charge in [-0.3, -0.25) is 0 Å². The molecule has 1 aliphatic rings. The summed E-state index contributed by atoms with van der Waals surface area (Å²) in [5, 5.41) is 4.63. The molecule has 0 atom stereocenters. The SMILES string of the molecule is Brc1ccccc1SCc1nc2c(s1)CNCC2. The molecule has 1 aromatic heterocycles. The summed E-state index contributed by atoms with van der Waals surface area (Å²) in [7, 11) is 0. The van der Waals surface area contributed by atoms with Crippen LogP contribution in [0.1, 0.15) is 15.6 Å². The van der Waals surface area contributed by atoms with Gasteiger partial charge in [-0.2, -0.15) is 0 Å². The van der Waals surface area contributed by atoms with E-state index < -0.39 is 0 Å². The van der Waals surface area contributed by atoms with E-state index in [1.54, 1.807) is 0 Å². The lowest BCUT2D eigenvalue weighted by Gasteiger charge is -2.09. The summed E-state index contributed by atoms with van der Waals surface area (Å²) in [6.45, 7) is 2.06. The van der Waals surface area contributed by atoms with Gasteiger partial charge in [0, 0.05) is 33.8 Å². The van der Waals surface area contributed by atoms with Crippen LogP contribution in [0, 0.1) is 0 Å². The van der Waals surface area contributed by atoms with Gasteiger partial charge in [0.25, 0.3) is 0 Å². The van der Waals surface area contributed by atoms with Gasteiger partial charge >= 0.3 is 0 Å². The fourth-order valence-electron chi connectivity index (χ4n) is 1.94. The zero-order chi connectivity index (χ0) is 12.4. The summed E-state index contributed by atoms with van der Waals surface area (Å²) in [5.74, 6) is 0.959. The van der Waals surface area contributed by atoms with Crippen LogP contribution < -0.4 is 5.32 Å². The Balaban J connectivity index is 1.70. The fraction of sp³-hybridized carbons (Fsp3) is 0.308. The van der Waals surface area contributed by atoms with Crippen molar-refractivity contribution in [1.82, 2.24) is 10.3 Å². The Labute approximate surface area is 123 Å². The summed E-state index contributed by atoms with van der Waals surface area (Å²) in [6.07, 6.45) is 1.07. The second-order valence-electron chi connectivity index (χ2n) is 4.12. The molecule has 5 heteroatoms. The first-order valence-electron chi connectivity index (χ1n) is 5.88. The Kier molecular flexibility index (Phi) is 4.03.